The van der Waals surface area contributed by atoms with Crippen molar-refractivity contribution in [3.8, 4) is 0 Å². The van der Waals surface area contributed by atoms with Gasteiger partial charge in [-0.15, -0.1) is 11.3 Å². The van der Waals surface area contributed by atoms with E-state index in [0.717, 1.165) is 34.5 Å². The van der Waals surface area contributed by atoms with Crippen LogP contribution in [-0.2, 0) is 11.0 Å². The molecule has 0 aliphatic heterocycles. The van der Waals surface area contributed by atoms with Crippen LogP contribution in [0, 0.1) is 0 Å². The van der Waals surface area contributed by atoms with E-state index in [1.165, 1.54) is 28.7 Å². The Balaban J connectivity index is 1.84. The predicted molar refractivity (Wildman–Crippen MR) is 96.6 cm³/mol. The third-order valence-corrected chi connectivity index (χ3v) is 5.50. The van der Waals surface area contributed by atoms with Gasteiger partial charge in [0.05, 0.1) is 5.56 Å². The number of carbonyl (C=O) groups excluding carboxylic acids is 1. The maximum atomic E-state index is 12.7. The van der Waals surface area contributed by atoms with Crippen LogP contribution < -0.4 is 0 Å². The second kappa shape index (κ2) is 7.55. The minimum Gasteiger partial charge on any atom is -0.281 e. The van der Waals surface area contributed by atoms with Gasteiger partial charge in [0.2, 0.25) is 5.12 Å². The highest BCUT2D eigenvalue weighted by Gasteiger charge is 2.30. The first kappa shape index (κ1) is 17.9. The van der Waals surface area contributed by atoms with Crippen molar-refractivity contribution in [3.63, 3.8) is 0 Å². The van der Waals surface area contributed by atoms with Crippen molar-refractivity contribution in [2.75, 3.05) is 0 Å². The molecule has 3 aromatic rings. The summed E-state index contributed by atoms with van der Waals surface area (Å²) in [4.78, 5) is 17.3. The minimum atomic E-state index is -4.44. The maximum absolute atomic E-state index is 12.7. The van der Waals surface area contributed by atoms with Crippen LogP contribution in [0.4, 0.5) is 13.2 Å². The van der Waals surface area contributed by atoms with Gasteiger partial charge < -0.3 is 0 Å². The molecule has 0 atom stereocenters. The fourth-order valence-corrected chi connectivity index (χ4v) is 3.98. The lowest BCUT2D eigenvalue weighted by Gasteiger charge is -2.07. The van der Waals surface area contributed by atoms with E-state index >= 15 is 0 Å². The summed E-state index contributed by atoms with van der Waals surface area (Å²) < 4.78 is 37.8. The number of thioether (sulfide) groups is 1. The average molecular weight is 397 g/mol. The molecule has 0 spiro atoms. The number of nitrogens with zero attached hydrogens (tertiary/aromatic N) is 1. The maximum Gasteiger partial charge on any atom is 0.417 e. The summed E-state index contributed by atoms with van der Waals surface area (Å²) in [5, 5.41) is 5.60. The lowest BCUT2D eigenvalue weighted by atomic mass is 10.1. The van der Waals surface area contributed by atoms with E-state index in [0.29, 0.717) is 5.57 Å². The molecule has 3 rings (SSSR count). The molecule has 0 aromatic carbocycles. The number of halogens is 3. The normalized spacial score (nSPS) is 12.4. The molecule has 0 unspecified atom stereocenters. The quantitative estimate of drug-likeness (QED) is 0.395. The zero-order valence-corrected chi connectivity index (χ0v) is 14.9. The monoisotopic (exact) mass is 397 g/mol. The Hall–Kier alpha value is -1.90. The Morgan fingerprint density at radius 1 is 1.16 bits per heavy atom. The molecule has 128 valence electrons. The van der Waals surface area contributed by atoms with Gasteiger partial charge in [-0.2, -0.15) is 24.5 Å². The second-order valence-electron chi connectivity index (χ2n) is 4.86. The largest absolute Gasteiger partial charge is 0.417 e. The van der Waals surface area contributed by atoms with E-state index in [9.17, 15) is 18.0 Å². The van der Waals surface area contributed by atoms with E-state index in [4.69, 9.17) is 0 Å². The molecule has 0 amide bonds. The lowest BCUT2D eigenvalue weighted by molar-refractivity contribution is -0.137. The molecule has 2 nitrogen and oxygen atoms in total. The van der Waals surface area contributed by atoms with Gasteiger partial charge in [-0.3, -0.25) is 4.79 Å². The molecule has 0 aliphatic carbocycles. The van der Waals surface area contributed by atoms with Gasteiger partial charge in [-0.05, 0) is 63.8 Å². The Morgan fingerprint density at radius 3 is 2.56 bits per heavy atom. The van der Waals surface area contributed by atoms with Crippen LogP contribution in [-0.4, -0.2) is 10.1 Å². The summed E-state index contributed by atoms with van der Waals surface area (Å²) in [7, 11) is 0. The molecule has 25 heavy (non-hydrogen) atoms. The van der Waals surface area contributed by atoms with Crippen molar-refractivity contribution in [1.82, 2.24) is 4.98 Å². The summed E-state index contributed by atoms with van der Waals surface area (Å²) in [5.74, 6) is 0. The zero-order valence-electron chi connectivity index (χ0n) is 12.5. The summed E-state index contributed by atoms with van der Waals surface area (Å²) in [6.07, 6.45) is -1.92. The molecule has 0 saturated carbocycles. The van der Waals surface area contributed by atoms with Crippen LogP contribution in [0.15, 0.2) is 57.7 Å². The third-order valence-electron chi connectivity index (χ3n) is 3.14. The minimum absolute atomic E-state index is 0.227. The standard InChI is InChI=1S/C17H10F3NOS3/c18-17(19,20)12-3-4-15(21-9-12)25-16(22)14(11-5-7-23-10-11)8-13-2-1-6-24-13/h1-10H/b14-8-. The van der Waals surface area contributed by atoms with Crippen molar-refractivity contribution < 1.29 is 18.0 Å². The van der Waals surface area contributed by atoms with Crippen LogP contribution >= 0.6 is 34.4 Å². The first-order valence-electron chi connectivity index (χ1n) is 6.97. The molecule has 0 aliphatic rings. The molecule has 3 heterocycles. The first-order valence-corrected chi connectivity index (χ1v) is 9.60. The number of alkyl halides is 3. The van der Waals surface area contributed by atoms with Gasteiger partial charge in [0.1, 0.15) is 5.03 Å². The topological polar surface area (TPSA) is 30.0 Å². The van der Waals surface area contributed by atoms with Crippen LogP contribution in [0.1, 0.15) is 16.0 Å². The Morgan fingerprint density at radius 2 is 2.00 bits per heavy atom. The summed E-state index contributed by atoms with van der Waals surface area (Å²) >= 11 is 3.79. The van der Waals surface area contributed by atoms with Crippen molar-refractivity contribution in [2.24, 2.45) is 0 Å². The molecule has 0 fully saturated rings. The molecule has 0 N–H and O–H groups in total. The molecule has 0 bridgehead atoms. The third kappa shape index (κ3) is 4.59. The number of aromatic nitrogens is 1. The first-order chi connectivity index (χ1) is 11.9. The van der Waals surface area contributed by atoms with Gasteiger partial charge in [0, 0.05) is 16.6 Å². The zero-order chi connectivity index (χ0) is 17.9. The van der Waals surface area contributed by atoms with Gasteiger partial charge in [0.25, 0.3) is 0 Å². The van der Waals surface area contributed by atoms with Crippen LogP contribution in [0.5, 0.6) is 0 Å². The summed E-state index contributed by atoms with van der Waals surface area (Å²) in [6, 6.07) is 7.75. The van der Waals surface area contributed by atoms with Crippen molar-refractivity contribution in [3.05, 3.63) is 68.7 Å². The van der Waals surface area contributed by atoms with Crippen molar-refractivity contribution >= 4 is 51.2 Å². The highest BCUT2D eigenvalue weighted by atomic mass is 32.2. The van der Waals surface area contributed by atoms with E-state index < -0.39 is 11.7 Å². The molecule has 3 aromatic heterocycles. The van der Waals surface area contributed by atoms with E-state index in [1.807, 2.05) is 34.3 Å². The molecular weight excluding hydrogens is 387 g/mol. The number of hydrogen-bond donors (Lipinski definition) is 0. The Labute approximate surface area is 154 Å². The van der Waals surface area contributed by atoms with E-state index in [2.05, 4.69) is 4.98 Å². The number of hydrogen-bond acceptors (Lipinski definition) is 5. The summed E-state index contributed by atoms with van der Waals surface area (Å²) in [5.41, 5.74) is 0.440. The second-order valence-corrected chi connectivity index (χ2v) is 7.61. The SMILES string of the molecule is O=C(Sc1ccc(C(F)(F)F)cn1)/C(=C\c1cccs1)c1ccsc1. The molecule has 0 saturated heterocycles. The number of pyridine rings is 1. The van der Waals surface area contributed by atoms with Crippen LogP contribution in [0.2, 0.25) is 0 Å². The van der Waals surface area contributed by atoms with Gasteiger partial charge in [-0.25, -0.2) is 4.98 Å². The van der Waals surface area contributed by atoms with Crippen molar-refractivity contribution in [2.45, 2.75) is 11.2 Å². The molecular formula is C17H10F3NOS3. The number of thiophene rings is 2. The van der Waals surface area contributed by atoms with Crippen molar-refractivity contribution in [1.29, 1.82) is 0 Å². The van der Waals surface area contributed by atoms with Gasteiger partial charge in [-0.1, -0.05) is 6.07 Å². The number of carbonyl (C=O) groups is 1. The van der Waals surface area contributed by atoms with Crippen LogP contribution in [0.3, 0.4) is 0 Å². The smallest absolute Gasteiger partial charge is 0.281 e. The highest BCUT2D eigenvalue weighted by molar-refractivity contribution is 8.14. The Kier molecular flexibility index (Phi) is 5.41. The fraction of sp³-hybridized carbons (Fsp3) is 0.0588. The molecule has 8 heteroatoms. The van der Waals surface area contributed by atoms with E-state index in [1.54, 1.807) is 6.08 Å². The Bertz CT molecular complexity index is 867. The highest BCUT2D eigenvalue weighted by Crippen LogP contribution is 2.32. The van der Waals surface area contributed by atoms with E-state index in [-0.39, 0.29) is 10.1 Å². The van der Waals surface area contributed by atoms with Gasteiger partial charge in [0.15, 0.2) is 0 Å². The number of rotatable bonds is 4. The van der Waals surface area contributed by atoms with Gasteiger partial charge >= 0.3 is 6.18 Å². The lowest BCUT2D eigenvalue weighted by Crippen LogP contribution is -2.05. The predicted octanol–water partition coefficient (Wildman–Crippen LogP) is 6.08. The van der Waals surface area contributed by atoms with Crippen LogP contribution in [0.25, 0.3) is 11.6 Å². The fourth-order valence-electron chi connectivity index (χ4n) is 1.95. The average Bonchev–Trinajstić information content (AvgIpc) is 3.26. The molecule has 0 radical (unpaired) electrons. The summed E-state index contributed by atoms with van der Waals surface area (Å²) in [6.45, 7) is 0.